The van der Waals surface area contributed by atoms with Crippen molar-refractivity contribution < 1.29 is 4.74 Å². The van der Waals surface area contributed by atoms with Crippen molar-refractivity contribution in [2.75, 3.05) is 20.3 Å². The fourth-order valence-corrected chi connectivity index (χ4v) is 3.16. The van der Waals surface area contributed by atoms with Crippen LogP contribution in [0.5, 0.6) is 0 Å². The molecular formula is C16H33NO. The normalized spacial score (nSPS) is 29.2. The van der Waals surface area contributed by atoms with Gasteiger partial charge < -0.3 is 10.1 Å². The monoisotopic (exact) mass is 255 g/mol. The summed E-state index contributed by atoms with van der Waals surface area (Å²) in [6.45, 7) is 11.0. The van der Waals surface area contributed by atoms with Crippen LogP contribution in [-0.4, -0.2) is 26.3 Å². The topological polar surface area (TPSA) is 21.3 Å². The van der Waals surface area contributed by atoms with Gasteiger partial charge in [-0.2, -0.15) is 0 Å². The molecule has 0 saturated heterocycles. The van der Waals surface area contributed by atoms with Crippen molar-refractivity contribution in [2.45, 2.75) is 59.4 Å². The van der Waals surface area contributed by atoms with E-state index in [-0.39, 0.29) is 0 Å². The number of nitrogens with one attached hydrogen (secondary N) is 1. The van der Waals surface area contributed by atoms with Crippen LogP contribution in [0.4, 0.5) is 0 Å². The smallest absolute Gasteiger partial charge is 0.0488 e. The molecule has 0 aromatic rings. The molecule has 1 rings (SSSR count). The number of rotatable bonds is 7. The Kier molecular flexibility index (Phi) is 7.25. The standard InChI is InChI=1S/C16H33NO/c1-12(2)11-18-9-8-15-10-14(13(3)4)6-7-16(15)17-5/h12-17H,6-11H2,1-5H3. The summed E-state index contributed by atoms with van der Waals surface area (Å²) in [5.74, 6) is 3.22. The minimum atomic E-state index is 0.653. The molecule has 0 aromatic carbocycles. The van der Waals surface area contributed by atoms with Crippen molar-refractivity contribution in [1.29, 1.82) is 0 Å². The molecule has 0 bridgehead atoms. The van der Waals surface area contributed by atoms with Crippen LogP contribution in [0.1, 0.15) is 53.4 Å². The zero-order valence-corrected chi connectivity index (χ0v) is 13.0. The summed E-state index contributed by atoms with van der Waals surface area (Å²) in [7, 11) is 2.11. The average molecular weight is 255 g/mol. The van der Waals surface area contributed by atoms with Gasteiger partial charge in [-0.3, -0.25) is 0 Å². The molecular weight excluding hydrogens is 222 g/mol. The molecule has 1 aliphatic carbocycles. The van der Waals surface area contributed by atoms with E-state index in [0.717, 1.165) is 31.0 Å². The quantitative estimate of drug-likeness (QED) is 0.700. The third-order valence-electron chi connectivity index (χ3n) is 4.42. The number of hydrogen-bond acceptors (Lipinski definition) is 2. The Labute approximate surface area is 114 Å². The Morgan fingerprint density at radius 1 is 1.17 bits per heavy atom. The first-order chi connectivity index (χ1) is 8.54. The summed E-state index contributed by atoms with van der Waals surface area (Å²) in [5, 5.41) is 3.51. The third kappa shape index (κ3) is 5.27. The highest BCUT2D eigenvalue weighted by molar-refractivity contribution is 4.85. The van der Waals surface area contributed by atoms with Crippen LogP contribution in [0.2, 0.25) is 0 Å². The minimum Gasteiger partial charge on any atom is -0.381 e. The molecule has 3 unspecified atom stereocenters. The lowest BCUT2D eigenvalue weighted by molar-refractivity contribution is 0.0765. The van der Waals surface area contributed by atoms with Crippen molar-refractivity contribution in [3.05, 3.63) is 0 Å². The second kappa shape index (κ2) is 8.16. The maximum absolute atomic E-state index is 5.76. The molecule has 0 aromatic heterocycles. The van der Waals surface area contributed by atoms with Crippen LogP contribution in [0.15, 0.2) is 0 Å². The molecule has 18 heavy (non-hydrogen) atoms. The van der Waals surface area contributed by atoms with Crippen molar-refractivity contribution in [3.8, 4) is 0 Å². The highest BCUT2D eigenvalue weighted by Crippen LogP contribution is 2.35. The maximum atomic E-state index is 5.76. The van der Waals surface area contributed by atoms with Gasteiger partial charge in [0, 0.05) is 19.3 Å². The SMILES string of the molecule is CNC1CCC(C(C)C)CC1CCOCC(C)C. The van der Waals surface area contributed by atoms with Crippen LogP contribution in [0.25, 0.3) is 0 Å². The fourth-order valence-electron chi connectivity index (χ4n) is 3.16. The molecule has 2 nitrogen and oxygen atoms in total. The highest BCUT2D eigenvalue weighted by Gasteiger charge is 2.30. The molecule has 1 N–H and O–H groups in total. The zero-order valence-electron chi connectivity index (χ0n) is 13.0. The first-order valence-electron chi connectivity index (χ1n) is 7.79. The second-order valence-corrected chi connectivity index (χ2v) is 6.73. The van der Waals surface area contributed by atoms with E-state index >= 15 is 0 Å². The molecule has 108 valence electrons. The maximum Gasteiger partial charge on any atom is 0.0488 e. The third-order valence-corrected chi connectivity index (χ3v) is 4.42. The van der Waals surface area contributed by atoms with E-state index in [0.29, 0.717) is 12.0 Å². The lowest BCUT2D eigenvalue weighted by Gasteiger charge is -2.38. The van der Waals surface area contributed by atoms with Gasteiger partial charge in [-0.15, -0.1) is 0 Å². The molecule has 0 aliphatic heterocycles. The van der Waals surface area contributed by atoms with Gasteiger partial charge in [0.15, 0.2) is 0 Å². The molecule has 0 heterocycles. The Hall–Kier alpha value is -0.0800. The van der Waals surface area contributed by atoms with Crippen molar-refractivity contribution in [2.24, 2.45) is 23.7 Å². The van der Waals surface area contributed by atoms with E-state index in [1.807, 2.05) is 0 Å². The Balaban J connectivity index is 2.33. The van der Waals surface area contributed by atoms with Crippen molar-refractivity contribution in [1.82, 2.24) is 5.32 Å². The van der Waals surface area contributed by atoms with Gasteiger partial charge in [0.2, 0.25) is 0 Å². The molecule has 0 radical (unpaired) electrons. The molecule has 1 saturated carbocycles. The van der Waals surface area contributed by atoms with Gasteiger partial charge in [-0.25, -0.2) is 0 Å². The van der Waals surface area contributed by atoms with Crippen LogP contribution in [0, 0.1) is 23.7 Å². The van der Waals surface area contributed by atoms with E-state index < -0.39 is 0 Å². The molecule has 1 aliphatic rings. The number of hydrogen-bond donors (Lipinski definition) is 1. The lowest BCUT2D eigenvalue weighted by atomic mass is 9.72. The average Bonchev–Trinajstić information content (AvgIpc) is 2.34. The molecule has 0 amide bonds. The second-order valence-electron chi connectivity index (χ2n) is 6.73. The van der Waals surface area contributed by atoms with Gasteiger partial charge in [-0.05, 0) is 56.4 Å². The molecule has 0 spiro atoms. The summed E-state index contributed by atoms with van der Waals surface area (Å²) in [6, 6.07) is 0.711. The van der Waals surface area contributed by atoms with Crippen LogP contribution in [0.3, 0.4) is 0 Å². The van der Waals surface area contributed by atoms with E-state index in [1.54, 1.807) is 0 Å². The summed E-state index contributed by atoms with van der Waals surface area (Å²) in [5.41, 5.74) is 0. The predicted molar refractivity (Wildman–Crippen MR) is 78.8 cm³/mol. The first kappa shape index (κ1) is 16.0. The van der Waals surface area contributed by atoms with E-state index in [9.17, 15) is 0 Å². The molecule has 1 fully saturated rings. The van der Waals surface area contributed by atoms with Crippen molar-refractivity contribution >= 4 is 0 Å². The lowest BCUT2D eigenvalue weighted by Crippen LogP contribution is -2.40. The summed E-state index contributed by atoms with van der Waals surface area (Å²) >= 11 is 0. The number of ether oxygens (including phenoxy) is 1. The van der Waals surface area contributed by atoms with E-state index in [4.69, 9.17) is 4.74 Å². The van der Waals surface area contributed by atoms with Crippen molar-refractivity contribution in [3.63, 3.8) is 0 Å². The Morgan fingerprint density at radius 2 is 1.89 bits per heavy atom. The fraction of sp³-hybridized carbons (Fsp3) is 1.00. The summed E-state index contributed by atoms with van der Waals surface area (Å²) in [6.07, 6.45) is 5.34. The van der Waals surface area contributed by atoms with Crippen LogP contribution >= 0.6 is 0 Å². The first-order valence-corrected chi connectivity index (χ1v) is 7.79. The van der Waals surface area contributed by atoms with Gasteiger partial charge in [0.25, 0.3) is 0 Å². The van der Waals surface area contributed by atoms with Gasteiger partial charge in [0.1, 0.15) is 0 Å². The summed E-state index contributed by atoms with van der Waals surface area (Å²) < 4.78 is 5.76. The van der Waals surface area contributed by atoms with E-state index in [1.165, 1.54) is 25.7 Å². The van der Waals surface area contributed by atoms with Gasteiger partial charge >= 0.3 is 0 Å². The Morgan fingerprint density at radius 3 is 2.44 bits per heavy atom. The molecule has 2 heteroatoms. The predicted octanol–water partition coefficient (Wildman–Crippen LogP) is 3.71. The minimum absolute atomic E-state index is 0.653. The highest BCUT2D eigenvalue weighted by atomic mass is 16.5. The van der Waals surface area contributed by atoms with Crippen LogP contribution < -0.4 is 5.32 Å². The molecule has 3 atom stereocenters. The zero-order chi connectivity index (χ0) is 13.5. The van der Waals surface area contributed by atoms with Gasteiger partial charge in [0.05, 0.1) is 0 Å². The summed E-state index contributed by atoms with van der Waals surface area (Å²) in [4.78, 5) is 0. The van der Waals surface area contributed by atoms with Gasteiger partial charge in [-0.1, -0.05) is 27.7 Å². The Bertz CT molecular complexity index is 215. The van der Waals surface area contributed by atoms with Crippen LogP contribution in [-0.2, 0) is 4.74 Å². The van der Waals surface area contributed by atoms with E-state index in [2.05, 4.69) is 40.1 Å². The largest absolute Gasteiger partial charge is 0.381 e.